The van der Waals surface area contributed by atoms with Crippen LogP contribution in [0.2, 0.25) is 0 Å². The first-order chi connectivity index (χ1) is 15.2. The summed E-state index contributed by atoms with van der Waals surface area (Å²) < 4.78 is 0. The first-order valence-electron chi connectivity index (χ1n) is 13.0. The summed E-state index contributed by atoms with van der Waals surface area (Å²) in [5.74, 6) is -0.797. The summed E-state index contributed by atoms with van der Waals surface area (Å²) in [6, 6.07) is 0. The lowest BCUT2D eigenvalue weighted by Crippen LogP contribution is -2.30. The third-order valence-corrected chi connectivity index (χ3v) is 6.03. The maximum Gasteiger partial charge on any atom is 0.345 e. The van der Waals surface area contributed by atoms with E-state index < -0.39 is 5.60 Å². The second kappa shape index (κ2) is 18.3. The minimum absolute atomic E-state index is 0.111. The lowest BCUT2D eigenvalue weighted by molar-refractivity contribution is -0.334. The van der Waals surface area contributed by atoms with Gasteiger partial charge in [-0.1, -0.05) is 73.1 Å². The van der Waals surface area contributed by atoms with Crippen LogP contribution in [-0.2, 0) is 29.1 Å². The van der Waals surface area contributed by atoms with Gasteiger partial charge in [0.1, 0.15) is 11.7 Å². The smallest absolute Gasteiger partial charge is 0.298 e. The molecule has 6 heteroatoms. The van der Waals surface area contributed by atoms with E-state index >= 15 is 0 Å². The molecule has 0 rings (SSSR count). The SMILES string of the molecule is CCCCC(CCC(C)(C)OOC(=O)C(CC)CCCC)OOC(=O)C(CC)CCCC. The zero-order valence-corrected chi connectivity index (χ0v) is 21.9. The van der Waals surface area contributed by atoms with Crippen molar-refractivity contribution >= 4 is 11.9 Å². The molecule has 0 saturated heterocycles. The lowest BCUT2D eigenvalue weighted by atomic mass is 9.98. The fraction of sp³-hybridized carbons (Fsp3) is 0.923. The highest BCUT2D eigenvalue weighted by Crippen LogP contribution is 2.24. The predicted octanol–water partition coefficient (Wildman–Crippen LogP) is 7.49. The van der Waals surface area contributed by atoms with Crippen molar-refractivity contribution in [1.82, 2.24) is 0 Å². The molecule has 0 radical (unpaired) electrons. The zero-order chi connectivity index (χ0) is 24.4. The molecule has 0 aromatic carbocycles. The standard InChI is InChI=1S/C26H50O6/c1-8-13-16-21(11-4)24(27)30-29-23(18-15-10-3)19-20-26(6,7)32-31-25(28)22(12-5)17-14-9-2/h21-23H,8-20H2,1-7H3. The number of carbonyl (C=O) groups excluding carboxylic acids is 2. The van der Waals surface area contributed by atoms with Gasteiger partial charge < -0.3 is 0 Å². The van der Waals surface area contributed by atoms with E-state index in [0.717, 1.165) is 70.6 Å². The van der Waals surface area contributed by atoms with Crippen LogP contribution < -0.4 is 0 Å². The Bertz CT molecular complexity index is 491. The summed E-state index contributed by atoms with van der Waals surface area (Å²) in [6.07, 6.45) is 11.2. The molecule has 3 atom stereocenters. The van der Waals surface area contributed by atoms with Crippen LogP contribution in [0.1, 0.15) is 132 Å². The molecule has 0 aliphatic heterocycles. The Balaban J connectivity index is 4.65. The van der Waals surface area contributed by atoms with Crippen LogP contribution >= 0.6 is 0 Å². The Morgan fingerprint density at radius 1 is 0.688 bits per heavy atom. The van der Waals surface area contributed by atoms with Crippen molar-refractivity contribution in [2.45, 2.75) is 144 Å². The Morgan fingerprint density at radius 2 is 1.16 bits per heavy atom. The highest BCUT2D eigenvalue weighted by Gasteiger charge is 2.28. The van der Waals surface area contributed by atoms with Crippen LogP contribution in [0, 0.1) is 11.8 Å². The van der Waals surface area contributed by atoms with Crippen molar-refractivity contribution in [3.8, 4) is 0 Å². The normalized spacial score (nSPS) is 14.6. The molecule has 0 spiro atoms. The quantitative estimate of drug-likeness (QED) is 0.139. The second-order valence-corrected chi connectivity index (χ2v) is 9.54. The fourth-order valence-electron chi connectivity index (χ4n) is 3.51. The van der Waals surface area contributed by atoms with Crippen molar-refractivity contribution in [2.24, 2.45) is 11.8 Å². The molecule has 6 nitrogen and oxygen atoms in total. The topological polar surface area (TPSA) is 71.1 Å². The first kappa shape index (κ1) is 30.9. The minimum atomic E-state index is -0.649. The fourth-order valence-corrected chi connectivity index (χ4v) is 3.51. The van der Waals surface area contributed by atoms with Gasteiger partial charge in [-0.05, 0) is 58.8 Å². The molecule has 3 unspecified atom stereocenters. The van der Waals surface area contributed by atoms with Crippen LogP contribution in [0.25, 0.3) is 0 Å². The average molecular weight is 459 g/mol. The summed E-state index contributed by atoms with van der Waals surface area (Å²) in [5.41, 5.74) is -0.649. The molecule has 0 N–H and O–H groups in total. The van der Waals surface area contributed by atoms with Crippen molar-refractivity contribution in [3.05, 3.63) is 0 Å². The second-order valence-electron chi connectivity index (χ2n) is 9.54. The van der Waals surface area contributed by atoms with Crippen LogP contribution in [0.3, 0.4) is 0 Å². The van der Waals surface area contributed by atoms with Gasteiger partial charge >= 0.3 is 11.9 Å². The summed E-state index contributed by atoms with van der Waals surface area (Å²) in [4.78, 5) is 46.2. The van der Waals surface area contributed by atoms with Crippen molar-refractivity contribution < 1.29 is 29.1 Å². The van der Waals surface area contributed by atoms with Gasteiger partial charge in [-0.25, -0.2) is 9.59 Å². The Labute approximate surface area is 196 Å². The van der Waals surface area contributed by atoms with Gasteiger partial charge in [-0.2, -0.15) is 9.78 Å². The van der Waals surface area contributed by atoms with Crippen molar-refractivity contribution in [1.29, 1.82) is 0 Å². The molecule has 32 heavy (non-hydrogen) atoms. The average Bonchev–Trinajstić information content (AvgIpc) is 2.78. The highest BCUT2D eigenvalue weighted by molar-refractivity contribution is 5.72. The van der Waals surface area contributed by atoms with E-state index in [1.165, 1.54) is 0 Å². The van der Waals surface area contributed by atoms with Gasteiger partial charge in [0.15, 0.2) is 0 Å². The Kier molecular flexibility index (Phi) is 17.7. The molecule has 0 heterocycles. The third-order valence-electron chi connectivity index (χ3n) is 6.03. The monoisotopic (exact) mass is 458 g/mol. The molecular weight excluding hydrogens is 408 g/mol. The summed E-state index contributed by atoms with van der Waals surface area (Å²) in [6.45, 7) is 14.1. The third kappa shape index (κ3) is 14.1. The van der Waals surface area contributed by atoms with Gasteiger partial charge in [0.25, 0.3) is 0 Å². The number of hydrogen-bond donors (Lipinski definition) is 0. The van der Waals surface area contributed by atoms with Crippen LogP contribution in [0.5, 0.6) is 0 Å². The van der Waals surface area contributed by atoms with E-state index in [-0.39, 0.29) is 29.9 Å². The maximum absolute atomic E-state index is 12.4. The molecule has 0 aromatic heterocycles. The van der Waals surface area contributed by atoms with Gasteiger partial charge in [0.2, 0.25) is 0 Å². The van der Waals surface area contributed by atoms with Gasteiger partial charge in [-0.15, -0.1) is 0 Å². The Hall–Kier alpha value is -1.14. The predicted molar refractivity (Wildman–Crippen MR) is 128 cm³/mol. The molecule has 0 aromatic rings. The summed E-state index contributed by atoms with van der Waals surface area (Å²) >= 11 is 0. The van der Waals surface area contributed by atoms with Gasteiger partial charge in [0.05, 0.1) is 11.8 Å². The summed E-state index contributed by atoms with van der Waals surface area (Å²) in [7, 11) is 0. The highest BCUT2D eigenvalue weighted by atomic mass is 17.2. The van der Waals surface area contributed by atoms with Gasteiger partial charge in [0, 0.05) is 0 Å². The van der Waals surface area contributed by atoms with Crippen LogP contribution in [-0.4, -0.2) is 23.6 Å². The molecule has 190 valence electrons. The Morgan fingerprint density at radius 3 is 1.62 bits per heavy atom. The van der Waals surface area contributed by atoms with E-state index in [1.54, 1.807) is 0 Å². The number of hydrogen-bond acceptors (Lipinski definition) is 6. The molecule has 0 aliphatic rings. The minimum Gasteiger partial charge on any atom is -0.298 e. The van der Waals surface area contributed by atoms with Crippen LogP contribution in [0.4, 0.5) is 0 Å². The molecule has 0 aliphatic carbocycles. The van der Waals surface area contributed by atoms with Crippen LogP contribution in [0.15, 0.2) is 0 Å². The van der Waals surface area contributed by atoms with E-state index in [1.807, 2.05) is 27.7 Å². The number of carbonyl (C=O) groups is 2. The number of rotatable bonds is 20. The molecule has 0 amide bonds. The van der Waals surface area contributed by atoms with Gasteiger partial charge in [-0.3, -0.25) is 9.78 Å². The number of unbranched alkanes of at least 4 members (excludes halogenated alkanes) is 3. The molecule has 0 saturated carbocycles. The largest absolute Gasteiger partial charge is 0.345 e. The molecule has 0 bridgehead atoms. The molecule has 0 fully saturated rings. The van der Waals surface area contributed by atoms with E-state index in [9.17, 15) is 9.59 Å². The van der Waals surface area contributed by atoms with Crippen molar-refractivity contribution in [3.63, 3.8) is 0 Å². The van der Waals surface area contributed by atoms with E-state index in [4.69, 9.17) is 19.6 Å². The van der Waals surface area contributed by atoms with Crippen molar-refractivity contribution in [2.75, 3.05) is 0 Å². The maximum atomic E-state index is 12.4. The lowest BCUT2D eigenvalue weighted by Gasteiger charge is -2.26. The van der Waals surface area contributed by atoms with E-state index in [2.05, 4.69) is 20.8 Å². The first-order valence-corrected chi connectivity index (χ1v) is 13.0. The zero-order valence-electron chi connectivity index (χ0n) is 21.9. The summed E-state index contributed by atoms with van der Waals surface area (Å²) in [5, 5.41) is 0. The van der Waals surface area contributed by atoms with E-state index in [0.29, 0.717) is 12.8 Å². The molecular formula is C26H50O6.